The van der Waals surface area contributed by atoms with Gasteiger partial charge >= 0.3 is 0 Å². The van der Waals surface area contributed by atoms with Crippen LogP contribution in [0.5, 0.6) is 0 Å². The van der Waals surface area contributed by atoms with Crippen LogP contribution in [0.25, 0.3) is 11.0 Å². The highest BCUT2D eigenvalue weighted by Gasteiger charge is 2.35. The Hall–Kier alpha value is -2.23. The number of amides is 2. The van der Waals surface area contributed by atoms with Crippen molar-refractivity contribution in [1.82, 2.24) is 14.3 Å². The van der Waals surface area contributed by atoms with Crippen molar-refractivity contribution in [3.05, 3.63) is 61.0 Å². The van der Waals surface area contributed by atoms with Crippen LogP contribution < -0.4 is 5.56 Å². The summed E-state index contributed by atoms with van der Waals surface area (Å²) in [6.45, 7) is -0.00388. The molecule has 1 fully saturated rings. The van der Waals surface area contributed by atoms with Gasteiger partial charge in [-0.15, -0.1) is 22.7 Å². The van der Waals surface area contributed by atoms with E-state index in [-0.39, 0.29) is 23.3 Å². The lowest BCUT2D eigenvalue weighted by molar-refractivity contribution is -0.123. The normalized spacial score (nSPS) is 16.7. The third kappa shape index (κ3) is 2.70. The summed E-state index contributed by atoms with van der Waals surface area (Å²) in [5, 5.41) is 3.32. The molecule has 0 N–H and O–H groups in total. The second kappa shape index (κ2) is 6.00. The van der Waals surface area contributed by atoms with Crippen LogP contribution in [0, 0.1) is 0 Å². The molecular formula is C15H9N3O3S3. The third-order valence-corrected chi connectivity index (χ3v) is 5.85. The van der Waals surface area contributed by atoms with Crippen molar-refractivity contribution < 1.29 is 9.59 Å². The first-order valence-electron chi connectivity index (χ1n) is 6.86. The van der Waals surface area contributed by atoms with E-state index in [0.717, 1.165) is 21.5 Å². The summed E-state index contributed by atoms with van der Waals surface area (Å²) >= 11 is 3.73. The second-order valence-corrected chi connectivity index (χ2v) is 7.77. The molecule has 0 unspecified atom stereocenters. The van der Waals surface area contributed by atoms with Gasteiger partial charge in [-0.2, -0.15) is 0 Å². The van der Waals surface area contributed by atoms with E-state index < -0.39 is 0 Å². The largest absolute Gasteiger partial charge is 0.293 e. The number of hydrogen-bond donors (Lipinski definition) is 0. The van der Waals surface area contributed by atoms with E-state index in [1.54, 1.807) is 17.7 Å². The van der Waals surface area contributed by atoms with Gasteiger partial charge in [0.25, 0.3) is 16.7 Å². The highest BCUT2D eigenvalue weighted by Crippen LogP contribution is 2.33. The van der Waals surface area contributed by atoms with Gasteiger partial charge in [-0.05, 0) is 29.3 Å². The van der Waals surface area contributed by atoms with Gasteiger partial charge in [-0.25, -0.2) is 4.98 Å². The Labute approximate surface area is 148 Å². The third-order valence-electron chi connectivity index (χ3n) is 3.37. The fraction of sp³-hybridized carbons (Fsp3) is 0.0667. The smallest absolute Gasteiger partial charge is 0.269 e. The van der Waals surface area contributed by atoms with Crippen molar-refractivity contribution in [2.24, 2.45) is 0 Å². The van der Waals surface area contributed by atoms with Crippen LogP contribution in [0.1, 0.15) is 10.6 Å². The molecule has 0 aliphatic carbocycles. The van der Waals surface area contributed by atoms with Gasteiger partial charge < -0.3 is 0 Å². The van der Waals surface area contributed by atoms with Gasteiger partial charge in [0.2, 0.25) is 0 Å². The van der Waals surface area contributed by atoms with Crippen molar-refractivity contribution in [3.8, 4) is 0 Å². The molecule has 24 heavy (non-hydrogen) atoms. The molecule has 1 aliphatic rings. The molecule has 0 bridgehead atoms. The Morgan fingerprint density at radius 1 is 1.17 bits per heavy atom. The summed E-state index contributed by atoms with van der Waals surface area (Å²) in [5.74, 6) is -0.355. The van der Waals surface area contributed by atoms with E-state index in [1.165, 1.54) is 33.1 Å². The minimum atomic E-state index is -0.355. The number of aromatic nitrogens is 2. The molecular weight excluding hydrogens is 366 g/mol. The first kappa shape index (κ1) is 15.3. The Morgan fingerprint density at radius 3 is 2.83 bits per heavy atom. The number of carbonyl (C=O) groups excluding carboxylic acids is 2. The Bertz CT molecular complexity index is 1030. The van der Waals surface area contributed by atoms with Crippen LogP contribution in [-0.2, 0) is 11.3 Å². The van der Waals surface area contributed by atoms with Crippen molar-refractivity contribution in [2.75, 3.05) is 0 Å². The molecule has 0 radical (unpaired) electrons. The lowest BCUT2D eigenvalue weighted by atomic mass is 10.3. The van der Waals surface area contributed by atoms with Crippen molar-refractivity contribution >= 4 is 56.6 Å². The topological polar surface area (TPSA) is 71.8 Å². The number of carbonyl (C=O) groups is 2. The van der Waals surface area contributed by atoms with Crippen molar-refractivity contribution in [1.29, 1.82) is 0 Å². The van der Waals surface area contributed by atoms with Crippen molar-refractivity contribution in [2.45, 2.75) is 6.54 Å². The van der Waals surface area contributed by atoms with E-state index >= 15 is 0 Å². The number of thiophene rings is 1. The monoisotopic (exact) mass is 375 g/mol. The molecule has 1 aliphatic heterocycles. The summed E-state index contributed by atoms with van der Waals surface area (Å²) in [7, 11) is 0. The summed E-state index contributed by atoms with van der Waals surface area (Å²) in [5.41, 5.74) is 0.180. The summed E-state index contributed by atoms with van der Waals surface area (Å²) in [6, 6.07) is 5.12. The maximum Gasteiger partial charge on any atom is 0.293 e. The van der Waals surface area contributed by atoms with E-state index in [2.05, 4.69) is 4.98 Å². The van der Waals surface area contributed by atoms with Crippen LogP contribution in [0.3, 0.4) is 0 Å². The van der Waals surface area contributed by atoms with Crippen molar-refractivity contribution in [3.63, 3.8) is 0 Å². The molecule has 0 atom stereocenters. The average molecular weight is 375 g/mol. The van der Waals surface area contributed by atoms with Gasteiger partial charge in [0.05, 0.1) is 17.1 Å². The Morgan fingerprint density at radius 2 is 2.04 bits per heavy atom. The molecule has 0 saturated carbocycles. The molecule has 120 valence electrons. The molecule has 0 spiro atoms. The standard InChI is InChI=1S/C15H9N3O3S3/c19-12-6-9(16-14-17(12)3-5-23-14)8-18-13(20)11(24-15(18)21)7-10-2-1-4-22-10/h1-7H,8H2/b11-7-. The zero-order chi connectivity index (χ0) is 16.7. The van der Waals surface area contributed by atoms with Crippen LogP contribution in [0.4, 0.5) is 4.79 Å². The first-order chi connectivity index (χ1) is 11.6. The lowest BCUT2D eigenvalue weighted by Crippen LogP contribution is -2.29. The van der Waals surface area contributed by atoms with Crippen LogP contribution in [-0.4, -0.2) is 25.4 Å². The molecule has 1 saturated heterocycles. The van der Waals surface area contributed by atoms with Gasteiger partial charge in [0.1, 0.15) is 0 Å². The zero-order valence-corrected chi connectivity index (χ0v) is 14.5. The average Bonchev–Trinajstić information content (AvgIpc) is 3.26. The van der Waals surface area contributed by atoms with Gasteiger partial charge in [0, 0.05) is 22.5 Å². The highest BCUT2D eigenvalue weighted by atomic mass is 32.2. The number of nitrogens with zero attached hydrogens (tertiary/aromatic N) is 3. The minimum absolute atomic E-state index is 0.00388. The molecule has 2 amide bonds. The fourth-order valence-corrected chi connectivity index (χ4v) is 4.57. The zero-order valence-electron chi connectivity index (χ0n) is 12.0. The number of thioether (sulfide) groups is 1. The van der Waals surface area contributed by atoms with Crippen LogP contribution in [0.2, 0.25) is 0 Å². The van der Waals surface area contributed by atoms with Gasteiger partial charge in [0.15, 0.2) is 4.96 Å². The van der Waals surface area contributed by atoms with E-state index in [9.17, 15) is 14.4 Å². The molecule has 0 aromatic carbocycles. The number of rotatable bonds is 3. The number of imide groups is 1. The Kier molecular flexibility index (Phi) is 3.83. The van der Waals surface area contributed by atoms with E-state index in [4.69, 9.17) is 0 Å². The molecule has 9 heteroatoms. The van der Waals surface area contributed by atoms with E-state index in [0.29, 0.717) is 15.6 Å². The number of fused-ring (bicyclic) bond motifs is 1. The molecule has 3 aromatic rings. The lowest BCUT2D eigenvalue weighted by Gasteiger charge is -2.11. The maximum absolute atomic E-state index is 12.5. The number of thiazole rings is 1. The first-order valence-corrected chi connectivity index (χ1v) is 9.44. The predicted octanol–water partition coefficient (Wildman–Crippen LogP) is 3.05. The van der Waals surface area contributed by atoms with Crippen LogP contribution in [0.15, 0.2) is 44.9 Å². The van der Waals surface area contributed by atoms with E-state index in [1.807, 2.05) is 17.5 Å². The minimum Gasteiger partial charge on any atom is -0.269 e. The summed E-state index contributed by atoms with van der Waals surface area (Å²) in [4.78, 5) is 43.9. The SMILES string of the molecule is O=C1S/C(=C\c2cccs2)C(=O)N1Cc1cc(=O)n2ccsc2n1. The predicted molar refractivity (Wildman–Crippen MR) is 95.2 cm³/mol. The molecule has 4 rings (SSSR count). The molecule has 6 nitrogen and oxygen atoms in total. The maximum atomic E-state index is 12.5. The Balaban J connectivity index is 1.63. The summed E-state index contributed by atoms with van der Waals surface area (Å²) in [6.07, 6.45) is 3.35. The quantitative estimate of drug-likeness (QED) is 0.658. The number of hydrogen-bond acceptors (Lipinski definition) is 7. The fourth-order valence-electron chi connectivity index (χ4n) is 2.27. The van der Waals surface area contributed by atoms with Crippen LogP contribution >= 0.6 is 34.4 Å². The summed E-state index contributed by atoms with van der Waals surface area (Å²) < 4.78 is 1.43. The highest BCUT2D eigenvalue weighted by molar-refractivity contribution is 8.18. The van der Waals surface area contributed by atoms with Gasteiger partial charge in [-0.1, -0.05) is 6.07 Å². The molecule has 3 aromatic heterocycles. The molecule has 4 heterocycles. The second-order valence-electron chi connectivity index (χ2n) is 4.92. The van der Waals surface area contributed by atoms with Gasteiger partial charge in [-0.3, -0.25) is 23.7 Å².